The number of methoxy groups -OCH3 is 1. The average Bonchev–Trinajstić information content (AvgIpc) is 2.40. The minimum Gasteiger partial charge on any atom is -0.497 e. The first-order valence-electron chi connectivity index (χ1n) is 6.37. The largest absolute Gasteiger partial charge is 0.497 e. The van der Waals surface area contributed by atoms with Crippen molar-refractivity contribution in [2.24, 2.45) is 0 Å². The van der Waals surface area contributed by atoms with Crippen LogP contribution in [0, 0.1) is 0 Å². The van der Waals surface area contributed by atoms with E-state index in [1.54, 1.807) is 7.11 Å². The number of nitrogens with one attached hydrogen (secondary N) is 1. The standard InChI is InChI=1S/C14H23NO3/c1-4-17-14(18-5-2)11-15-10-12-6-8-13(16-3)9-7-12/h6-9,14-15H,4-5,10-11H2,1-3H3. The van der Waals surface area contributed by atoms with Gasteiger partial charge in [-0.3, -0.25) is 0 Å². The maximum absolute atomic E-state index is 5.45. The Balaban J connectivity index is 2.30. The molecular weight excluding hydrogens is 230 g/mol. The van der Waals surface area contributed by atoms with Gasteiger partial charge in [0.05, 0.1) is 7.11 Å². The Hall–Kier alpha value is -1.10. The molecule has 18 heavy (non-hydrogen) atoms. The van der Waals surface area contributed by atoms with Crippen molar-refractivity contribution >= 4 is 0 Å². The molecule has 0 heterocycles. The molecular formula is C14H23NO3. The number of rotatable bonds is 9. The van der Waals surface area contributed by atoms with E-state index in [0.29, 0.717) is 19.8 Å². The minimum atomic E-state index is -0.168. The molecule has 0 aliphatic heterocycles. The smallest absolute Gasteiger partial charge is 0.169 e. The SMILES string of the molecule is CCOC(CNCc1ccc(OC)cc1)OCC. The summed E-state index contributed by atoms with van der Waals surface area (Å²) in [6.07, 6.45) is -0.168. The molecule has 0 atom stereocenters. The van der Waals surface area contributed by atoms with Crippen molar-refractivity contribution in [2.45, 2.75) is 26.7 Å². The van der Waals surface area contributed by atoms with Gasteiger partial charge in [-0.15, -0.1) is 0 Å². The van der Waals surface area contributed by atoms with Crippen LogP contribution in [0.25, 0.3) is 0 Å². The Labute approximate surface area is 109 Å². The molecule has 4 heteroatoms. The molecule has 1 aromatic rings. The van der Waals surface area contributed by atoms with Crippen LogP contribution in [0.4, 0.5) is 0 Å². The summed E-state index contributed by atoms with van der Waals surface area (Å²) in [6, 6.07) is 8.00. The van der Waals surface area contributed by atoms with Gasteiger partial charge >= 0.3 is 0 Å². The third-order valence-corrected chi connectivity index (χ3v) is 2.50. The molecule has 4 nitrogen and oxygen atoms in total. The van der Waals surface area contributed by atoms with Crippen LogP contribution in [0.15, 0.2) is 24.3 Å². The Morgan fingerprint density at radius 2 is 1.67 bits per heavy atom. The molecule has 1 aromatic carbocycles. The minimum absolute atomic E-state index is 0.168. The molecule has 0 aliphatic rings. The van der Waals surface area contributed by atoms with E-state index in [1.165, 1.54) is 5.56 Å². The zero-order valence-corrected chi connectivity index (χ0v) is 11.4. The summed E-state index contributed by atoms with van der Waals surface area (Å²) in [7, 11) is 1.67. The van der Waals surface area contributed by atoms with Gasteiger partial charge in [-0.2, -0.15) is 0 Å². The van der Waals surface area contributed by atoms with Crippen molar-refractivity contribution in [3.05, 3.63) is 29.8 Å². The van der Waals surface area contributed by atoms with E-state index < -0.39 is 0 Å². The van der Waals surface area contributed by atoms with Crippen molar-refractivity contribution in [1.29, 1.82) is 0 Å². The van der Waals surface area contributed by atoms with Crippen LogP contribution in [-0.4, -0.2) is 33.2 Å². The Kier molecular flexibility index (Phi) is 7.41. The van der Waals surface area contributed by atoms with E-state index in [-0.39, 0.29) is 6.29 Å². The summed E-state index contributed by atoms with van der Waals surface area (Å²) in [6.45, 7) is 6.74. The quantitative estimate of drug-likeness (QED) is 0.685. The number of hydrogen-bond donors (Lipinski definition) is 1. The van der Waals surface area contributed by atoms with E-state index in [4.69, 9.17) is 14.2 Å². The maximum atomic E-state index is 5.45. The second kappa shape index (κ2) is 8.91. The van der Waals surface area contributed by atoms with Crippen molar-refractivity contribution < 1.29 is 14.2 Å². The number of hydrogen-bond acceptors (Lipinski definition) is 4. The van der Waals surface area contributed by atoms with Gasteiger partial charge in [0.1, 0.15) is 5.75 Å². The second-order valence-electron chi connectivity index (χ2n) is 3.82. The maximum Gasteiger partial charge on any atom is 0.169 e. The first kappa shape index (κ1) is 15.0. The van der Waals surface area contributed by atoms with Crippen LogP contribution >= 0.6 is 0 Å². The first-order chi connectivity index (χ1) is 8.80. The topological polar surface area (TPSA) is 39.7 Å². The third-order valence-electron chi connectivity index (χ3n) is 2.50. The molecule has 102 valence electrons. The van der Waals surface area contributed by atoms with E-state index >= 15 is 0 Å². The zero-order chi connectivity index (χ0) is 13.2. The average molecular weight is 253 g/mol. The van der Waals surface area contributed by atoms with Crippen molar-refractivity contribution in [3.8, 4) is 5.75 Å². The van der Waals surface area contributed by atoms with Crippen LogP contribution in [-0.2, 0) is 16.0 Å². The summed E-state index contributed by atoms with van der Waals surface area (Å²) >= 11 is 0. The van der Waals surface area contributed by atoms with E-state index in [1.807, 2.05) is 38.1 Å². The highest BCUT2D eigenvalue weighted by Crippen LogP contribution is 2.10. The van der Waals surface area contributed by atoms with Crippen molar-refractivity contribution in [3.63, 3.8) is 0 Å². The summed E-state index contributed by atoms with van der Waals surface area (Å²) < 4.78 is 16.0. The molecule has 1 N–H and O–H groups in total. The van der Waals surface area contributed by atoms with Gasteiger partial charge < -0.3 is 19.5 Å². The Bertz CT molecular complexity index is 307. The summed E-state index contributed by atoms with van der Waals surface area (Å²) in [4.78, 5) is 0. The molecule has 0 saturated heterocycles. The van der Waals surface area contributed by atoms with E-state index in [0.717, 1.165) is 12.3 Å². The molecule has 0 aliphatic carbocycles. The van der Waals surface area contributed by atoms with Crippen LogP contribution in [0.5, 0.6) is 5.75 Å². The van der Waals surface area contributed by atoms with Gasteiger partial charge in [-0.1, -0.05) is 12.1 Å². The molecule has 0 spiro atoms. The summed E-state index contributed by atoms with van der Waals surface area (Å²) in [5, 5.41) is 3.32. The van der Waals surface area contributed by atoms with Gasteiger partial charge in [0.15, 0.2) is 6.29 Å². The summed E-state index contributed by atoms with van der Waals surface area (Å²) in [5.41, 5.74) is 1.21. The lowest BCUT2D eigenvalue weighted by molar-refractivity contribution is -0.133. The van der Waals surface area contributed by atoms with Crippen LogP contribution < -0.4 is 10.1 Å². The third kappa shape index (κ3) is 5.49. The highest BCUT2D eigenvalue weighted by atomic mass is 16.7. The van der Waals surface area contributed by atoms with Gasteiger partial charge in [-0.25, -0.2) is 0 Å². The lowest BCUT2D eigenvalue weighted by Gasteiger charge is -2.17. The molecule has 0 bridgehead atoms. The van der Waals surface area contributed by atoms with Crippen LogP contribution in [0.3, 0.4) is 0 Å². The van der Waals surface area contributed by atoms with Crippen LogP contribution in [0.1, 0.15) is 19.4 Å². The van der Waals surface area contributed by atoms with Gasteiger partial charge in [0.2, 0.25) is 0 Å². The predicted octanol–water partition coefficient (Wildman–Crippen LogP) is 2.18. The fourth-order valence-corrected chi connectivity index (χ4v) is 1.62. The highest BCUT2D eigenvalue weighted by molar-refractivity contribution is 5.26. The van der Waals surface area contributed by atoms with Crippen molar-refractivity contribution in [2.75, 3.05) is 26.9 Å². The Morgan fingerprint density at radius 1 is 1.06 bits per heavy atom. The molecule has 0 saturated carbocycles. The van der Waals surface area contributed by atoms with Crippen LogP contribution in [0.2, 0.25) is 0 Å². The molecule has 0 amide bonds. The molecule has 0 fully saturated rings. The second-order valence-corrected chi connectivity index (χ2v) is 3.82. The zero-order valence-electron chi connectivity index (χ0n) is 11.4. The van der Waals surface area contributed by atoms with Crippen molar-refractivity contribution in [1.82, 2.24) is 5.32 Å². The normalized spacial score (nSPS) is 10.9. The highest BCUT2D eigenvalue weighted by Gasteiger charge is 2.06. The van der Waals surface area contributed by atoms with Gasteiger partial charge in [0, 0.05) is 26.3 Å². The monoisotopic (exact) mass is 253 g/mol. The molecule has 0 aromatic heterocycles. The lowest BCUT2D eigenvalue weighted by atomic mass is 10.2. The van der Waals surface area contributed by atoms with Gasteiger partial charge in [0.25, 0.3) is 0 Å². The van der Waals surface area contributed by atoms with E-state index in [9.17, 15) is 0 Å². The fraction of sp³-hybridized carbons (Fsp3) is 0.571. The number of benzene rings is 1. The number of ether oxygens (including phenoxy) is 3. The summed E-state index contributed by atoms with van der Waals surface area (Å²) in [5.74, 6) is 0.875. The fourth-order valence-electron chi connectivity index (χ4n) is 1.62. The van der Waals surface area contributed by atoms with E-state index in [2.05, 4.69) is 5.32 Å². The molecule has 1 rings (SSSR count). The molecule has 0 radical (unpaired) electrons. The first-order valence-corrected chi connectivity index (χ1v) is 6.37. The Morgan fingerprint density at radius 3 is 2.17 bits per heavy atom. The lowest BCUT2D eigenvalue weighted by Crippen LogP contribution is -2.31. The van der Waals surface area contributed by atoms with Gasteiger partial charge in [-0.05, 0) is 31.5 Å². The predicted molar refractivity (Wildman–Crippen MR) is 71.7 cm³/mol. The molecule has 0 unspecified atom stereocenters.